The smallest absolute Gasteiger partial charge is 0.324 e. The molecule has 0 aliphatic carbocycles. The molecule has 0 radical (unpaired) electrons. The van der Waals surface area contributed by atoms with Crippen molar-refractivity contribution >= 4 is 11.6 Å². The van der Waals surface area contributed by atoms with Crippen LogP contribution in [0.3, 0.4) is 0 Å². The standard InChI is InChI=1S/C9H8ClF4N/c1-4(15)7-5(9(12,13)14)2-3-6(10)8(7)11/h2-4H,15H2,1H3/t4-/m0/s1. The van der Waals surface area contributed by atoms with Gasteiger partial charge in [-0.25, -0.2) is 4.39 Å². The van der Waals surface area contributed by atoms with Crippen LogP contribution in [-0.4, -0.2) is 0 Å². The highest BCUT2D eigenvalue weighted by Crippen LogP contribution is 2.37. The molecule has 84 valence electrons. The van der Waals surface area contributed by atoms with Crippen LogP contribution in [0, 0.1) is 5.82 Å². The molecule has 0 fully saturated rings. The molecule has 0 aliphatic rings. The molecular formula is C9H8ClF4N. The number of hydrogen-bond donors (Lipinski definition) is 1. The van der Waals surface area contributed by atoms with Gasteiger partial charge in [-0.2, -0.15) is 13.2 Å². The predicted octanol–water partition coefficient (Wildman–Crippen LogP) is 3.52. The van der Waals surface area contributed by atoms with E-state index in [4.69, 9.17) is 17.3 Å². The first-order valence-corrected chi connectivity index (χ1v) is 4.43. The lowest BCUT2D eigenvalue weighted by molar-refractivity contribution is -0.138. The zero-order chi connectivity index (χ0) is 11.8. The van der Waals surface area contributed by atoms with Gasteiger partial charge < -0.3 is 5.73 Å². The summed E-state index contributed by atoms with van der Waals surface area (Å²) in [6, 6.07) is 0.524. The normalized spacial score (nSPS) is 14.1. The van der Waals surface area contributed by atoms with Crippen LogP contribution in [0.4, 0.5) is 17.6 Å². The van der Waals surface area contributed by atoms with Gasteiger partial charge in [0.2, 0.25) is 0 Å². The van der Waals surface area contributed by atoms with Gasteiger partial charge in [0.15, 0.2) is 0 Å². The first-order chi connectivity index (χ1) is 6.75. The Bertz CT molecular complexity index is 373. The van der Waals surface area contributed by atoms with Crippen molar-refractivity contribution in [3.8, 4) is 0 Å². The zero-order valence-electron chi connectivity index (χ0n) is 7.70. The third kappa shape index (κ3) is 2.41. The molecule has 0 amide bonds. The molecule has 2 N–H and O–H groups in total. The maximum absolute atomic E-state index is 13.3. The highest BCUT2D eigenvalue weighted by atomic mass is 35.5. The molecular weight excluding hydrogens is 234 g/mol. The highest BCUT2D eigenvalue weighted by molar-refractivity contribution is 6.30. The minimum absolute atomic E-state index is 0.365. The minimum atomic E-state index is -4.63. The quantitative estimate of drug-likeness (QED) is 0.748. The molecule has 1 rings (SSSR count). The molecule has 0 saturated heterocycles. The second-order valence-electron chi connectivity index (χ2n) is 3.11. The van der Waals surface area contributed by atoms with E-state index in [2.05, 4.69) is 0 Å². The van der Waals surface area contributed by atoms with E-state index in [1.54, 1.807) is 0 Å². The maximum atomic E-state index is 13.3. The monoisotopic (exact) mass is 241 g/mol. The Morgan fingerprint density at radius 3 is 2.27 bits per heavy atom. The Labute approximate surface area is 88.8 Å². The summed E-state index contributed by atoms with van der Waals surface area (Å²) in [5, 5.41) is -0.365. The van der Waals surface area contributed by atoms with Crippen LogP contribution in [0.2, 0.25) is 5.02 Å². The molecule has 0 bridgehead atoms. The van der Waals surface area contributed by atoms with E-state index >= 15 is 0 Å². The average Bonchev–Trinajstić information content (AvgIpc) is 2.06. The van der Waals surface area contributed by atoms with Crippen LogP contribution in [0.1, 0.15) is 24.1 Å². The molecule has 0 saturated carbocycles. The summed E-state index contributed by atoms with van der Waals surface area (Å²) in [5.74, 6) is -1.11. The molecule has 0 spiro atoms. The summed E-state index contributed by atoms with van der Waals surface area (Å²) >= 11 is 5.38. The van der Waals surface area contributed by atoms with E-state index in [9.17, 15) is 17.6 Å². The molecule has 1 aromatic carbocycles. The molecule has 6 heteroatoms. The Morgan fingerprint density at radius 1 is 1.33 bits per heavy atom. The van der Waals surface area contributed by atoms with Crippen molar-refractivity contribution in [1.82, 2.24) is 0 Å². The van der Waals surface area contributed by atoms with Gasteiger partial charge in [0.05, 0.1) is 10.6 Å². The minimum Gasteiger partial charge on any atom is -0.324 e. The van der Waals surface area contributed by atoms with Crippen LogP contribution in [0.25, 0.3) is 0 Å². The van der Waals surface area contributed by atoms with Gasteiger partial charge in [-0.15, -0.1) is 0 Å². The van der Waals surface area contributed by atoms with Crippen LogP contribution < -0.4 is 5.73 Å². The predicted molar refractivity (Wildman–Crippen MR) is 49.0 cm³/mol. The van der Waals surface area contributed by atoms with Crippen molar-refractivity contribution in [3.05, 3.63) is 34.1 Å². The summed E-state index contributed by atoms with van der Waals surface area (Å²) in [4.78, 5) is 0. The van der Waals surface area contributed by atoms with Gasteiger partial charge >= 0.3 is 6.18 Å². The number of alkyl halides is 3. The summed E-state index contributed by atoms with van der Waals surface area (Å²) < 4.78 is 50.7. The van der Waals surface area contributed by atoms with Crippen molar-refractivity contribution in [1.29, 1.82) is 0 Å². The molecule has 0 heterocycles. The molecule has 1 nitrogen and oxygen atoms in total. The fourth-order valence-corrected chi connectivity index (χ4v) is 1.42. The number of hydrogen-bond acceptors (Lipinski definition) is 1. The highest BCUT2D eigenvalue weighted by Gasteiger charge is 2.36. The third-order valence-electron chi connectivity index (χ3n) is 1.89. The lowest BCUT2D eigenvalue weighted by atomic mass is 10.0. The largest absolute Gasteiger partial charge is 0.416 e. The molecule has 1 aromatic rings. The second kappa shape index (κ2) is 3.98. The molecule has 0 unspecified atom stereocenters. The fourth-order valence-electron chi connectivity index (χ4n) is 1.26. The lowest BCUT2D eigenvalue weighted by Crippen LogP contribution is -2.17. The number of benzene rings is 1. The van der Waals surface area contributed by atoms with Gasteiger partial charge in [0.25, 0.3) is 0 Å². The van der Waals surface area contributed by atoms with Crippen LogP contribution in [0.15, 0.2) is 12.1 Å². The Hall–Kier alpha value is -0.810. The van der Waals surface area contributed by atoms with Crippen molar-refractivity contribution < 1.29 is 17.6 Å². The molecule has 1 atom stereocenters. The summed E-state index contributed by atoms with van der Waals surface area (Å²) in [6.45, 7) is 1.27. The zero-order valence-corrected chi connectivity index (χ0v) is 8.46. The third-order valence-corrected chi connectivity index (χ3v) is 2.19. The Balaban J connectivity index is 3.47. The summed E-state index contributed by atoms with van der Waals surface area (Å²) in [7, 11) is 0. The van der Waals surface area contributed by atoms with Gasteiger partial charge in [-0.1, -0.05) is 11.6 Å². The van der Waals surface area contributed by atoms with Crippen LogP contribution in [0.5, 0.6) is 0 Å². The Kier molecular flexibility index (Phi) is 3.25. The lowest BCUT2D eigenvalue weighted by Gasteiger charge is -2.16. The first-order valence-electron chi connectivity index (χ1n) is 4.05. The Morgan fingerprint density at radius 2 is 1.87 bits per heavy atom. The van der Waals surface area contributed by atoms with E-state index in [-0.39, 0.29) is 5.02 Å². The van der Waals surface area contributed by atoms with Crippen LogP contribution >= 0.6 is 11.6 Å². The van der Waals surface area contributed by atoms with E-state index in [0.717, 1.165) is 12.1 Å². The number of nitrogens with two attached hydrogens (primary N) is 1. The van der Waals surface area contributed by atoms with Crippen molar-refractivity contribution in [3.63, 3.8) is 0 Å². The second-order valence-corrected chi connectivity index (χ2v) is 3.52. The molecule has 0 aromatic heterocycles. The SMILES string of the molecule is C[C@H](N)c1c(C(F)(F)F)ccc(Cl)c1F. The summed E-state index contributed by atoms with van der Waals surface area (Å²) in [5.41, 5.74) is 3.60. The number of halogens is 5. The number of rotatable bonds is 1. The van der Waals surface area contributed by atoms with Crippen molar-refractivity contribution in [2.24, 2.45) is 5.73 Å². The average molecular weight is 242 g/mol. The van der Waals surface area contributed by atoms with Gasteiger partial charge in [-0.3, -0.25) is 0 Å². The topological polar surface area (TPSA) is 26.0 Å². The van der Waals surface area contributed by atoms with Gasteiger partial charge in [-0.05, 0) is 19.1 Å². The van der Waals surface area contributed by atoms with Gasteiger partial charge in [0.1, 0.15) is 5.82 Å². The van der Waals surface area contributed by atoms with E-state index < -0.39 is 29.2 Å². The molecule has 0 aliphatic heterocycles. The van der Waals surface area contributed by atoms with E-state index in [1.807, 2.05) is 0 Å². The summed E-state index contributed by atoms with van der Waals surface area (Å²) in [6.07, 6.45) is -4.63. The van der Waals surface area contributed by atoms with E-state index in [0.29, 0.717) is 0 Å². The van der Waals surface area contributed by atoms with E-state index in [1.165, 1.54) is 6.92 Å². The van der Waals surface area contributed by atoms with Crippen molar-refractivity contribution in [2.75, 3.05) is 0 Å². The molecule has 15 heavy (non-hydrogen) atoms. The first kappa shape index (κ1) is 12.3. The maximum Gasteiger partial charge on any atom is 0.416 e. The van der Waals surface area contributed by atoms with Gasteiger partial charge in [0, 0.05) is 11.6 Å². The van der Waals surface area contributed by atoms with Crippen LogP contribution in [-0.2, 0) is 6.18 Å². The van der Waals surface area contributed by atoms with Crippen molar-refractivity contribution in [2.45, 2.75) is 19.1 Å². The fraction of sp³-hybridized carbons (Fsp3) is 0.333.